The van der Waals surface area contributed by atoms with Crippen molar-refractivity contribution < 1.29 is 39.9 Å². The molecule has 3 rings (SSSR count). The number of phenols is 1. The molecule has 0 aliphatic carbocycles. The first-order valence-electron chi connectivity index (χ1n) is 12.1. The van der Waals surface area contributed by atoms with Crippen LogP contribution in [0.4, 0.5) is 0 Å². The third-order valence-electron chi connectivity index (χ3n) is 5.94. The van der Waals surface area contributed by atoms with Gasteiger partial charge >= 0.3 is 11.9 Å². The van der Waals surface area contributed by atoms with Gasteiger partial charge in [-0.3, -0.25) is 15.1 Å². The molecule has 39 heavy (non-hydrogen) atoms. The standard InChI is InChI=1S/C23H28N4O2.C4H6O6/c1-2-7-19-10-6-11-20(22(19)28)16-21(23(29)25-24)27-14-12-26(13-15-27)17-18-8-4-3-5-9-18;5-1(3(7)8)2(6)4(9)10/h2-6,8-11,16,28H,1,7,12-15,17,24H2,(H,25,29);1-2,5-6H,(H,7,8)(H,9,10). The van der Waals surface area contributed by atoms with Gasteiger partial charge in [-0.05, 0) is 23.6 Å². The highest BCUT2D eigenvalue weighted by molar-refractivity contribution is 5.97. The Morgan fingerprint density at radius 3 is 2.05 bits per heavy atom. The third kappa shape index (κ3) is 9.23. The summed E-state index contributed by atoms with van der Waals surface area (Å²) < 4.78 is 0. The predicted molar refractivity (Wildman–Crippen MR) is 143 cm³/mol. The number of hydrogen-bond acceptors (Lipinski definition) is 9. The average Bonchev–Trinajstić information content (AvgIpc) is 2.93. The number of carboxylic acid groups (broad SMARTS) is 2. The summed E-state index contributed by atoms with van der Waals surface area (Å²) in [5, 5.41) is 43.1. The van der Waals surface area contributed by atoms with Crippen LogP contribution in [0.25, 0.3) is 6.08 Å². The molecule has 0 aromatic heterocycles. The smallest absolute Gasteiger partial charge is 0.335 e. The van der Waals surface area contributed by atoms with Crippen molar-refractivity contribution in [1.29, 1.82) is 0 Å². The number of aliphatic hydroxyl groups is 2. The van der Waals surface area contributed by atoms with Crippen LogP contribution in [0.5, 0.6) is 5.75 Å². The number of nitrogens with two attached hydrogens (primary N) is 1. The van der Waals surface area contributed by atoms with E-state index in [9.17, 15) is 19.5 Å². The number of allylic oxidation sites excluding steroid dienone is 1. The molecule has 2 atom stereocenters. The summed E-state index contributed by atoms with van der Waals surface area (Å²) in [6, 6.07) is 15.9. The van der Waals surface area contributed by atoms with Gasteiger partial charge in [-0.1, -0.05) is 54.6 Å². The highest BCUT2D eigenvalue weighted by atomic mass is 16.4. The number of phenolic OH excluding ortho intramolecular Hbond substituents is 1. The van der Waals surface area contributed by atoms with Gasteiger partial charge in [0, 0.05) is 38.3 Å². The van der Waals surface area contributed by atoms with Crippen molar-refractivity contribution in [3.8, 4) is 5.75 Å². The van der Waals surface area contributed by atoms with Crippen molar-refractivity contribution in [3.63, 3.8) is 0 Å². The van der Waals surface area contributed by atoms with Gasteiger partial charge in [-0.2, -0.15) is 0 Å². The van der Waals surface area contributed by atoms with Crippen LogP contribution in [0.15, 0.2) is 66.9 Å². The number of hydrazine groups is 1. The Balaban J connectivity index is 0.000000455. The van der Waals surface area contributed by atoms with Gasteiger partial charge in [-0.25, -0.2) is 15.4 Å². The van der Waals surface area contributed by atoms with Crippen LogP contribution in [0.3, 0.4) is 0 Å². The second kappa shape index (κ2) is 15.2. The van der Waals surface area contributed by atoms with E-state index in [4.69, 9.17) is 26.3 Å². The number of aliphatic hydroxyl groups excluding tert-OH is 2. The number of carboxylic acids is 2. The van der Waals surface area contributed by atoms with Gasteiger partial charge < -0.3 is 30.4 Å². The summed E-state index contributed by atoms with van der Waals surface area (Å²) in [6.45, 7) is 7.70. The van der Waals surface area contributed by atoms with Crippen LogP contribution in [0.1, 0.15) is 16.7 Å². The minimum absolute atomic E-state index is 0.164. The van der Waals surface area contributed by atoms with E-state index >= 15 is 0 Å². The lowest BCUT2D eigenvalue weighted by Crippen LogP contribution is -2.48. The highest BCUT2D eigenvalue weighted by Gasteiger charge is 2.29. The Hall–Kier alpha value is -4.23. The molecule has 1 saturated heterocycles. The number of nitrogens with one attached hydrogen (secondary N) is 1. The molecule has 12 heteroatoms. The maximum atomic E-state index is 12.5. The summed E-state index contributed by atoms with van der Waals surface area (Å²) in [4.78, 5) is 36.4. The summed E-state index contributed by atoms with van der Waals surface area (Å²) in [5.74, 6) is 1.69. The van der Waals surface area contributed by atoms with Crippen molar-refractivity contribution in [2.75, 3.05) is 26.2 Å². The van der Waals surface area contributed by atoms with Gasteiger partial charge in [0.2, 0.25) is 0 Å². The summed E-state index contributed by atoms with van der Waals surface area (Å²) >= 11 is 0. The molecule has 0 spiro atoms. The number of aliphatic carboxylic acids is 2. The zero-order valence-corrected chi connectivity index (χ0v) is 21.3. The zero-order valence-electron chi connectivity index (χ0n) is 21.3. The molecule has 1 aliphatic heterocycles. The Morgan fingerprint density at radius 2 is 1.54 bits per heavy atom. The lowest BCUT2D eigenvalue weighted by atomic mass is 10.0. The van der Waals surface area contributed by atoms with Crippen molar-refractivity contribution in [2.45, 2.75) is 25.2 Å². The molecule has 210 valence electrons. The first kappa shape index (κ1) is 31.0. The molecular formula is C27H34N4O8. The molecule has 1 heterocycles. The van der Waals surface area contributed by atoms with Crippen molar-refractivity contribution in [2.24, 2.45) is 5.84 Å². The van der Waals surface area contributed by atoms with Crippen LogP contribution in [0.2, 0.25) is 0 Å². The number of nitrogens with zero attached hydrogens (tertiary/aromatic N) is 2. The molecule has 1 fully saturated rings. The Morgan fingerprint density at radius 1 is 0.949 bits per heavy atom. The largest absolute Gasteiger partial charge is 0.507 e. The molecule has 1 aliphatic rings. The van der Waals surface area contributed by atoms with Crippen LogP contribution < -0.4 is 11.3 Å². The topological polar surface area (TPSA) is 197 Å². The molecule has 0 saturated carbocycles. The molecule has 2 aromatic carbocycles. The van der Waals surface area contributed by atoms with Gasteiger partial charge in [-0.15, -0.1) is 6.58 Å². The van der Waals surface area contributed by atoms with Crippen LogP contribution in [0, 0.1) is 0 Å². The summed E-state index contributed by atoms with van der Waals surface area (Å²) in [6.07, 6.45) is -0.529. The minimum atomic E-state index is -2.27. The molecule has 2 aromatic rings. The number of rotatable bonds is 10. The number of piperazine rings is 1. The number of hydrogen-bond donors (Lipinski definition) is 7. The molecule has 12 nitrogen and oxygen atoms in total. The van der Waals surface area contributed by atoms with Crippen molar-refractivity contribution in [3.05, 3.63) is 83.6 Å². The maximum Gasteiger partial charge on any atom is 0.335 e. The van der Waals surface area contributed by atoms with Gasteiger partial charge in [0.15, 0.2) is 12.2 Å². The highest BCUT2D eigenvalue weighted by Crippen LogP contribution is 2.26. The van der Waals surface area contributed by atoms with E-state index in [0.29, 0.717) is 30.8 Å². The van der Waals surface area contributed by atoms with Gasteiger partial charge in [0.25, 0.3) is 5.91 Å². The second-order valence-electron chi connectivity index (χ2n) is 8.67. The third-order valence-corrected chi connectivity index (χ3v) is 5.94. The predicted octanol–water partition coefficient (Wildman–Crippen LogP) is 0.147. The van der Waals surface area contributed by atoms with Crippen LogP contribution in [-0.4, -0.2) is 91.6 Å². The summed E-state index contributed by atoms with van der Waals surface area (Å²) in [5.41, 5.74) is 5.33. The number of amides is 1. The van der Waals surface area contributed by atoms with Crippen molar-refractivity contribution >= 4 is 23.9 Å². The Bertz CT molecular complexity index is 1150. The van der Waals surface area contributed by atoms with Crippen LogP contribution >= 0.6 is 0 Å². The molecule has 0 bridgehead atoms. The van der Waals surface area contributed by atoms with E-state index in [1.165, 1.54) is 5.56 Å². The van der Waals surface area contributed by atoms with E-state index in [2.05, 4.69) is 29.0 Å². The number of aromatic hydroxyl groups is 1. The Labute approximate surface area is 225 Å². The maximum absolute atomic E-state index is 12.5. The molecule has 8 N–H and O–H groups in total. The fourth-order valence-electron chi connectivity index (χ4n) is 3.83. The van der Waals surface area contributed by atoms with E-state index in [1.807, 2.05) is 35.2 Å². The monoisotopic (exact) mass is 542 g/mol. The second-order valence-corrected chi connectivity index (χ2v) is 8.67. The van der Waals surface area contributed by atoms with E-state index < -0.39 is 24.1 Å². The molecule has 1 amide bonds. The average molecular weight is 543 g/mol. The number of benzene rings is 2. The molecular weight excluding hydrogens is 508 g/mol. The fraction of sp³-hybridized carbons (Fsp3) is 0.296. The number of para-hydroxylation sites is 1. The van der Waals surface area contributed by atoms with Gasteiger partial charge in [0.1, 0.15) is 11.4 Å². The first-order chi connectivity index (χ1) is 18.6. The lowest BCUT2D eigenvalue weighted by molar-refractivity contribution is -0.165. The van der Waals surface area contributed by atoms with Crippen molar-refractivity contribution in [1.82, 2.24) is 15.2 Å². The van der Waals surface area contributed by atoms with Gasteiger partial charge in [0.05, 0.1) is 0 Å². The SMILES string of the molecule is C=CCc1cccc(C=C(C(=O)NN)N2CCN(Cc3ccccc3)CC2)c1O.O=C(O)C(O)C(O)C(=O)O. The Kier molecular flexibility index (Phi) is 12.1. The molecule has 0 radical (unpaired) electrons. The fourth-order valence-corrected chi connectivity index (χ4v) is 3.83. The zero-order chi connectivity index (χ0) is 28.9. The normalized spacial score (nSPS) is 15.4. The number of carbonyl (C=O) groups is 3. The van der Waals surface area contributed by atoms with Crippen LogP contribution in [-0.2, 0) is 27.3 Å². The minimum Gasteiger partial charge on any atom is -0.507 e. The summed E-state index contributed by atoms with van der Waals surface area (Å²) in [7, 11) is 0. The van der Waals surface area contributed by atoms with E-state index in [1.54, 1.807) is 18.2 Å². The van der Waals surface area contributed by atoms with E-state index in [0.717, 1.165) is 25.2 Å². The first-order valence-corrected chi connectivity index (χ1v) is 12.1. The van der Waals surface area contributed by atoms with E-state index in [-0.39, 0.29) is 11.7 Å². The molecule has 2 unspecified atom stereocenters. The quantitative estimate of drug-likeness (QED) is 0.0709. The number of carbonyl (C=O) groups excluding carboxylic acids is 1. The lowest BCUT2D eigenvalue weighted by Gasteiger charge is -2.36.